The van der Waals surface area contributed by atoms with Crippen LogP contribution in [0.2, 0.25) is 0 Å². The molecule has 0 bridgehead atoms. The van der Waals surface area contributed by atoms with Crippen molar-refractivity contribution in [2.75, 3.05) is 13.7 Å². The van der Waals surface area contributed by atoms with Gasteiger partial charge in [-0.05, 0) is 37.5 Å². The van der Waals surface area contributed by atoms with Crippen molar-refractivity contribution in [3.05, 3.63) is 41.3 Å². The van der Waals surface area contributed by atoms with E-state index in [0.29, 0.717) is 23.0 Å². The number of ether oxygens (including phenoxy) is 2. The number of hydrogen-bond donors (Lipinski definition) is 1. The van der Waals surface area contributed by atoms with Crippen molar-refractivity contribution >= 4 is 28.7 Å². The number of nitrogens with one attached hydrogen (secondary N) is 1. The van der Waals surface area contributed by atoms with Crippen LogP contribution in [0.1, 0.15) is 36.3 Å². The molecule has 0 saturated carbocycles. The number of pyridine rings is 1. The van der Waals surface area contributed by atoms with E-state index in [4.69, 9.17) is 4.74 Å². The number of rotatable bonds is 7. The number of carbonyl (C=O) groups is 3. The predicted octanol–water partition coefficient (Wildman–Crippen LogP) is 2.54. The van der Waals surface area contributed by atoms with Crippen molar-refractivity contribution in [2.45, 2.75) is 33.2 Å². The Balaban J connectivity index is 2.03. The lowest BCUT2D eigenvalue weighted by Crippen LogP contribution is -2.44. The van der Waals surface area contributed by atoms with E-state index >= 15 is 0 Å². The Morgan fingerprint density at radius 2 is 1.93 bits per heavy atom. The van der Waals surface area contributed by atoms with Gasteiger partial charge in [0.25, 0.3) is 5.91 Å². The third kappa shape index (κ3) is 5.48. The number of benzene rings is 1. The smallest absolute Gasteiger partial charge is 0.340 e. The molecule has 0 spiro atoms. The summed E-state index contributed by atoms with van der Waals surface area (Å²) in [5.41, 5.74) is 0.954. The third-order valence-corrected chi connectivity index (χ3v) is 4.05. The van der Waals surface area contributed by atoms with Crippen LogP contribution in [-0.2, 0) is 19.1 Å². The summed E-state index contributed by atoms with van der Waals surface area (Å²) < 4.78 is 23.0. The van der Waals surface area contributed by atoms with Gasteiger partial charge in [0.1, 0.15) is 11.9 Å². The van der Waals surface area contributed by atoms with Crippen LogP contribution >= 0.6 is 0 Å². The number of fused-ring (bicyclic) bond motifs is 1. The molecule has 1 atom stereocenters. The maximum absolute atomic E-state index is 13.3. The van der Waals surface area contributed by atoms with Crippen LogP contribution in [-0.4, -0.2) is 42.6 Å². The highest BCUT2D eigenvalue weighted by molar-refractivity contribution is 5.96. The minimum atomic E-state index is -0.810. The topological polar surface area (TPSA) is 94.6 Å². The van der Waals surface area contributed by atoms with Gasteiger partial charge in [0.15, 0.2) is 6.61 Å². The molecular weight excluding hydrogens is 367 g/mol. The fourth-order valence-electron chi connectivity index (χ4n) is 2.72. The molecule has 1 N–H and O–H groups in total. The molecular formula is C20H23FN2O5. The summed E-state index contributed by atoms with van der Waals surface area (Å²) >= 11 is 0. The zero-order valence-corrected chi connectivity index (χ0v) is 16.2. The molecule has 2 rings (SSSR count). The average molecular weight is 390 g/mol. The molecule has 1 amide bonds. The second kappa shape index (κ2) is 9.25. The first-order valence-electron chi connectivity index (χ1n) is 8.82. The average Bonchev–Trinajstić information content (AvgIpc) is 2.63. The number of halogens is 1. The minimum absolute atomic E-state index is 0.156. The van der Waals surface area contributed by atoms with Gasteiger partial charge in [-0.25, -0.2) is 14.0 Å². The van der Waals surface area contributed by atoms with E-state index < -0.39 is 36.3 Å². The summed E-state index contributed by atoms with van der Waals surface area (Å²) in [7, 11) is 1.24. The van der Waals surface area contributed by atoms with Crippen LogP contribution < -0.4 is 5.32 Å². The highest BCUT2D eigenvalue weighted by Crippen LogP contribution is 2.18. The molecule has 0 aliphatic carbocycles. The van der Waals surface area contributed by atoms with Gasteiger partial charge in [-0.15, -0.1) is 0 Å². The molecule has 1 aromatic carbocycles. The van der Waals surface area contributed by atoms with E-state index in [1.807, 2.05) is 13.8 Å². The molecule has 2 aromatic rings. The first-order chi connectivity index (χ1) is 13.2. The van der Waals surface area contributed by atoms with Gasteiger partial charge in [-0.3, -0.25) is 9.78 Å². The zero-order valence-electron chi connectivity index (χ0n) is 16.2. The Kier molecular flexibility index (Phi) is 7.03. The highest BCUT2D eigenvalue weighted by Gasteiger charge is 2.23. The Labute approximate surface area is 162 Å². The van der Waals surface area contributed by atoms with Crippen molar-refractivity contribution in [3.8, 4) is 0 Å². The fourth-order valence-corrected chi connectivity index (χ4v) is 2.72. The number of carbonyl (C=O) groups excluding carboxylic acids is 3. The number of amides is 1. The third-order valence-electron chi connectivity index (χ3n) is 4.05. The number of nitrogens with zero attached hydrogens (tertiary/aromatic N) is 1. The SMILES string of the molecule is COC(=O)C(CC(C)C)NC(=O)COC(=O)c1cc2ccc(F)cc2nc1C. The van der Waals surface area contributed by atoms with E-state index in [0.717, 1.165) is 0 Å². The summed E-state index contributed by atoms with van der Waals surface area (Å²) in [5.74, 6) is -2.17. The molecule has 7 nitrogen and oxygen atoms in total. The van der Waals surface area contributed by atoms with Gasteiger partial charge in [0.2, 0.25) is 0 Å². The molecule has 8 heteroatoms. The van der Waals surface area contributed by atoms with Crippen LogP contribution in [0, 0.1) is 18.7 Å². The lowest BCUT2D eigenvalue weighted by atomic mass is 10.0. The standard InChI is InChI=1S/C20H23FN2O5/c1-11(2)7-17(20(26)27-4)23-18(24)10-28-19(25)15-8-13-5-6-14(21)9-16(13)22-12(15)3/h5-6,8-9,11,17H,7,10H2,1-4H3,(H,23,24). The fraction of sp³-hybridized carbons (Fsp3) is 0.400. The Morgan fingerprint density at radius 3 is 2.57 bits per heavy atom. The Bertz CT molecular complexity index is 898. The number of esters is 2. The van der Waals surface area contributed by atoms with Crippen LogP contribution in [0.3, 0.4) is 0 Å². The minimum Gasteiger partial charge on any atom is -0.467 e. The Hall–Kier alpha value is -3.03. The summed E-state index contributed by atoms with van der Waals surface area (Å²) in [6.45, 7) is 4.86. The first kappa shape index (κ1) is 21.3. The second-order valence-corrected chi connectivity index (χ2v) is 6.81. The van der Waals surface area contributed by atoms with E-state index in [-0.39, 0.29) is 11.5 Å². The molecule has 0 aliphatic rings. The summed E-state index contributed by atoms with van der Waals surface area (Å²) in [5, 5.41) is 3.08. The molecule has 150 valence electrons. The van der Waals surface area contributed by atoms with Crippen molar-refractivity contribution in [2.24, 2.45) is 5.92 Å². The maximum atomic E-state index is 13.3. The normalized spacial score (nSPS) is 11.9. The molecule has 0 radical (unpaired) electrons. The number of aromatic nitrogens is 1. The lowest BCUT2D eigenvalue weighted by Gasteiger charge is -2.18. The summed E-state index contributed by atoms with van der Waals surface area (Å²) in [6.07, 6.45) is 0.399. The van der Waals surface area contributed by atoms with Crippen molar-refractivity contribution in [1.82, 2.24) is 10.3 Å². The van der Waals surface area contributed by atoms with E-state index in [1.54, 1.807) is 6.92 Å². The highest BCUT2D eigenvalue weighted by atomic mass is 19.1. The molecule has 0 fully saturated rings. The van der Waals surface area contributed by atoms with Crippen molar-refractivity contribution in [3.63, 3.8) is 0 Å². The monoisotopic (exact) mass is 390 g/mol. The zero-order chi connectivity index (χ0) is 20.8. The summed E-state index contributed by atoms with van der Waals surface area (Å²) in [6, 6.07) is 4.77. The molecule has 0 saturated heterocycles. The quantitative estimate of drug-likeness (QED) is 0.730. The largest absolute Gasteiger partial charge is 0.467 e. The van der Waals surface area contributed by atoms with Gasteiger partial charge in [-0.1, -0.05) is 13.8 Å². The predicted molar refractivity (Wildman–Crippen MR) is 100 cm³/mol. The number of aryl methyl sites for hydroxylation is 1. The van der Waals surface area contributed by atoms with Gasteiger partial charge >= 0.3 is 11.9 Å². The maximum Gasteiger partial charge on any atom is 0.340 e. The van der Waals surface area contributed by atoms with E-state index in [9.17, 15) is 18.8 Å². The van der Waals surface area contributed by atoms with Crippen LogP contribution in [0.5, 0.6) is 0 Å². The number of hydrogen-bond acceptors (Lipinski definition) is 6. The molecule has 1 heterocycles. The second-order valence-electron chi connectivity index (χ2n) is 6.81. The molecule has 1 unspecified atom stereocenters. The van der Waals surface area contributed by atoms with Gasteiger partial charge in [-0.2, -0.15) is 0 Å². The Morgan fingerprint density at radius 1 is 1.21 bits per heavy atom. The number of methoxy groups -OCH3 is 1. The van der Waals surface area contributed by atoms with Gasteiger partial charge < -0.3 is 14.8 Å². The van der Waals surface area contributed by atoms with Crippen molar-refractivity contribution < 1.29 is 28.2 Å². The lowest BCUT2D eigenvalue weighted by molar-refractivity contribution is -0.145. The van der Waals surface area contributed by atoms with E-state index in [2.05, 4.69) is 15.0 Å². The molecule has 0 aliphatic heterocycles. The van der Waals surface area contributed by atoms with Crippen LogP contribution in [0.25, 0.3) is 10.9 Å². The molecule has 1 aromatic heterocycles. The van der Waals surface area contributed by atoms with Crippen molar-refractivity contribution in [1.29, 1.82) is 0 Å². The van der Waals surface area contributed by atoms with Gasteiger partial charge in [0, 0.05) is 11.5 Å². The molecule has 28 heavy (non-hydrogen) atoms. The van der Waals surface area contributed by atoms with E-state index in [1.165, 1.54) is 31.4 Å². The summed E-state index contributed by atoms with van der Waals surface area (Å²) in [4.78, 5) is 40.4. The first-order valence-corrected chi connectivity index (χ1v) is 8.82. The van der Waals surface area contributed by atoms with Gasteiger partial charge in [0.05, 0.1) is 23.9 Å². The van der Waals surface area contributed by atoms with Crippen LogP contribution in [0.4, 0.5) is 4.39 Å². The van der Waals surface area contributed by atoms with Crippen LogP contribution in [0.15, 0.2) is 24.3 Å².